The molecule has 0 unspecified atom stereocenters. The van der Waals surface area contributed by atoms with Crippen LogP contribution in [0, 0.1) is 0 Å². The van der Waals surface area contributed by atoms with Crippen LogP contribution in [0.4, 0.5) is 0 Å². The lowest BCUT2D eigenvalue weighted by molar-refractivity contribution is -0.113. The van der Waals surface area contributed by atoms with Gasteiger partial charge in [0.05, 0.1) is 0 Å². The number of carbonyl (C=O) groups excluding carboxylic acids is 1. The molecule has 0 aliphatic carbocycles. The maximum absolute atomic E-state index is 10.7. The molecule has 0 aliphatic rings. The normalized spacial score (nSPS) is 11.2. The molecule has 140 valence electrons. The van der Waals surface area contributed by atoms with Crippen LogP contribution in [0.5, 0.6) is 0 Å². The molecular weight excluding hydrogens is 306 g/mol. The smallest absolute Gasteiger partial charge is 0.241 e. The Labute approximate surface area is 154 Å². The van der Waals surface area contributed by atoms with Gasteiger partial charge in [0.2, 0.25) is 5.91 Å². The van der Waals surface area contributed by atoms with Gasteiger partial charge in [-0.1, -0.05) is 102 Å². The van der Waals surface area contributed by atoms with Gasteiger partial charge in [-0.15, -0.1) is 0 Å². The Morgan fingerprint density at radius 3 is 1.76 bits per heavy atom. The van der Waals surface area contributed by atoms with Crippen LogP contribution < -0.4 is 5.73 Å². The van der Waals surface area contributed by atoms with Crippen LogP contribution in [0.3, 0.4) is 0 Å². The molecule has 0 saturated heterocycles. The van der Waals surface area contributed by atoms with Crippen molar-refractivity contribution >= 4 is 12.0 Å². The van der Waals surface area contributed by atoms with E-state index in [9.17, 15) is 4.79 Å². The molecule has 25 heavy (non-hydrogen) atoms. The molecule has 0 fully saturated rings. The van der Waals surface area contributed by atoms with Crippen molar-refractivity contribution in [1.29, 1.82) is 0 Å². The zero-order valence-corrected chi connectivity index (χ0v) is 16.1. The molecule has 0 aromatic heterocycles. The first-order valence-corrected chi connectivity index (χ1v) is 10.3. The van der Waals surface area contributed by atoms with Gasteiger partial charge in [-0.3, -0.25) is 4.79 Å². The third kappa shape index (κ3) is 12.4. The lowest BCUT2D eigenvalue weighted by Gasteiger charge is -2.04. The zero-order chi connectivity index (χ0) is 18.2. The number of nitrogens with two attached hydrogens (primary N) is 1. The average molecular weight is 344 g/mol. The molecule has 2 N–H and O–H groups in total. The fourth-order valence-electron chi connectivity index (χ4n) is 3.14. The van der Waals surface area contributed by atoms with Crippen molar-refractivity contribution in [1.82, 2.24) is 0 Å². The summed E-state index contributed by atoms with van der Waals surface area (Å²) in [6.07, 6.45) is 21.0. The van der Waals surface area contributed by atoms with E-state index in [-0.39, 0.29) is 0 Å². The minimum Gasteiger partial charge on any atom is -0.366 e. The Hall–Kier alpha value is -1.57. The molecule has 1 amide bonds. The molecule has 1 aromatic carbocycles. The third-order valence-corrected chi connectivity index (χ3v) is 4.74. The molecule has 0 aliphatic heterocycles. The first kappa shape index (κ1) is 21.5. The van der Waals surface area contributed by atoms with Gasteiger partial charge in [0, 0.05) is 6.08 Å². The van der Waals surface area contributed by atoms with E-state index >= 15 is 0 Å². The largest absolute Gasteiger partial charge is 0.366 e. The first-order valence-electron chi connectivity index (χ1n) is 10.3. The Balaban J connectivity index is 1.96. The van der Waals surface area contributed by atoms with E-state index < -0.39 is 5.91 Å². The highest BCUT2D eigenvalue weighted by atomic mass is 16.1. The summed E-state index contributed by atoms with van der Waals surface area (Å²) in [5.74, 6) is -0.402. The summed E-state index contributed by atoms with van der Waals surface area (Å²) in [4.78, 5) is 10.7. The topological polar surface area (TPSA) is 43.1 Å². The van der Waals surface area contributed by atoms with Crippen molar-refractivity contribution in [2.45, 2.75) is 90.4 Å². The molecule has 0 saturated carbocycles. The predicted octanol–water partition coefficient (Wildman–Crippen LogP) is 6.43. The number of hydrogen-bond acceptors (Lipinski definition) is 1. The van der Waals surface area contributed by atoms with Gasteiger partial charge in [0.1, 0.15) is 0 Å². The lowest BCUT2D eigenvalue weighted by atomic mass is 10.0. The summed E-state index contributed by atoms with van der Waals surface area (Å²) in [5.41, 5.74) is 7.50. The maximum Gasteiger partial charge on any atom is 0.241 e. The van der Waals surface area contributed by atoms with Crippen LogP contribution >= 0.6 is 0 Å². The molecule has 1 rings (SSSR count). The fourth-order valence-corrected chi connectivity index (χ4v) is 3.14. The van der Waals surface area contributed by atoms with Gasteiger partial charge in [-0.25, -0.2) is 0 Å². The van der Waals surface area contributed by atoms with Crippen LogP contribution in [0.25, 0.3) is 6.08 Å². The van der Waals surface area contributed by atoms with Crippen molar-refractivity contribution in [3.63, 3.8) is 0 Å². The number of rotatable bonds is 15. The minimum absolute atomic E-state index is 0.402. The van der Waals surface area contributed by atoms with E-state index in [0.717, 1.165) is 12.0 Å². The molecule has 0 radical (unpaired) electrons. The van der Waals surface area contributed by atoms with Crippen molar-refractivity contribution in [2.24, 2.45) is 5.73 Å². The van der Waals surface area contributed by atoms with Gasteiger partial charge in [-0.2, -0.15) is 0 Å². The summed E-state index contributed by atoms with van der Waals surface area (Å²) >= 11 is 0. The van der Waals surface area contributed by atoms with E-state index in [2.05, 4.69) is 31.2 Å². The van der Waals surface area contributed by atoms with E-state index in [4.69, 9.17) is 5.73 Å². The highest BCUT2D eigenvalue weighted by molar-refractivity contribution is 5.90. The molecule has 0 spiro atoms. The number of benzene rings is 1. The number of unbranched alkanes of at least 4 members (excludes halogenated alkanes) is 11. The monoisotopic (exact) mass is 343 g/mol. The van der Waals surface area contributed by atoms with Crippen molar-refractivity contribution in [3.8, 4) is 0 Å². The van der Waals surface area contributed by atoms with Crippen LogP contribution in [-0.4, -0.2) is 5.91 Å². The van der Waals surface area contributed by atoms with Crippen LogP contribution in [-0.2, 0) is 11.2 Å². The van der Waals surface area contributed by atoms with Gasteiger partial charge in [-0.05, 0) is 30.0 Å². The Kier molecular flexibility index (Phi) is 12.7. The van der Waals surface area contributed by atoms with Crippen LogP contribution in [0.1, 0.15) is 95.1 Å². The van der Waals surface area contributed by atoms with Crippen molar-refractivity contribution in [2.75, 3.05) is 0 Å². The van der Waals surface area contributed by atoms with Gasteiger partial charge >= 0.3 is 0 Å². The highest BCUT2D eigenvalue weighted by Crippen LogP contribution is 2.14. The fraction of sp³-hybridized carbons (Fsp3) is 0.609. The molecular formula is C23H37NO. The molecule has 0 heterocycles. The lowest BCUT2D eigenvalue weighted by Crippen LogP contribution is -2.05. The molecule has 2 nitrogen and oxygen atoms in total. The van der Waals surface area contributed by atoms with E-state index in [0.29, 0.717) is 0 Å². The minimum atomic E-state index is -0.402. The second-order valence-corrected chi connectivity index (χ2v) is 7.12. The average Bonchev–Trinajstić information content (AvgIpc) is 2.62. The Morgan fingerprint density at radius 1 is 0.800 bits per heavy atom. The second kappa shape index (κ2) is 14.7. The molecule has 0 bridgehead atoms. The van der Waals surface area contributed by atoms with Gasteiger partial charge in [0.25, 0.3) is 0 Å². The predicted molar refractivity (Wildman–Crippen MR) is 109 cm³/mol. The molecule has 2 heteroatoms. The Morgan fingerprint density at radius 2 is 1.28 bits per heavy atom. The summed E-state index contributed by atoms with van der Waals surface area (Å²) in [6, 6.07) is 8.41. The van der Waals surface area contributed by atoms with E-state index in [1.807, 2.05) is 0 Å². The number of primary amides is 1. The Bertz CT molecular complexity index is 475. The first-order chi connectivity index (χ1) is 12.2. The maximum atomic E-state index is 10.7. The summed E-state index contributed by atoms with van der Waals surface area (Å²) < 4.78 is 0. The number of carbonyl (C=O) groups is 1. The summed E-state index contributed by atoms with van der Waals surface area (Å²) in [7, 11) is 0. The van der Waals surface area contributed by atoms with E-state index in [1.54, 1.807) is 6.08 Å². The van der Waals surface area contributed by atoms with Crippen LogP contribution in [0.2, 0.25) is 0 Å². The molecule has 1 aromatic rings. The number of aryl methyl sites for hydroxylation is 1. The standard InChI is InChI=1S/C23H37NO/c1-2-3-4-5-6-7-8-9-10-11-12-13-14-21-15-17-22(18-16-21)19-20-23(24)25/h15-20H,2-14H2,1H3,(H2,24,25). The van der Waals surface area contributed by atoms with Gasteiger partial charge in [0.15, 0.2) is 0 Å². The second-order valence-electron chi connectivity index (χ2n) is 7.12. The third-order valence-electron chi connectivity index (χ3n) is 4.74. The SMILES string of the molecule is CCCCCCCCCCCCCCc1ccc(C=CC(N)=O)cc1. The van der Waals surface area contributed by atoms with Crippen molar-refractivity contribution < 1.29 is 4.79 Å². The van der Waals surface area contributed by atoms with Gasteiger partial charge < -0.3 is 5.73 Å². The number of amides is 1. The van der Waals surface area contributed by atoms with Crippen LogP contribution in [0.15, 0.2) is 30.3 Å². The van der Waals surface area contributed by atoms with Crippen molar-refractivity contribution in [3.05, 3.63) is 41.5 Å². The number of hydrogen-bond donors (Lipinski definition) is 1. The quantitative estimate of drug-likeness (QED) is 0.289. The highest BCUT2D eigenvalue weighted by Gasteiger charge is 1.96. The summed E-state index contributed by atoms with van der Waals surface area (Å²) in [5, 5.41) is 0. The summed E-state index contributed by atoms with van der Waals surface area (Å²) in [6.45, 7) is 2.28. The zero-order valence-electron chi connectivity index (χ0n) is 16.1. The van der Waals surface area contributed by atoms with E-state index in [1.165, 1.54) is 88.7 Å². The molecule has 0 atom stereocenters.